The van der Waals surface area contributed by atoms with E-state index in [9.17, 15) is 14.7 Å². The van der Waals surface area contributed by atoms with Crippen LogP contribution in [-0.4, -0.2) is 11.9 Å². The summed E-state index contributed by atoms with van der Waals surface area (Å²) >= 11 is 0. The van der Waals surface area contributed by atoms with E-state index >= 15 is 0 Å². The molecule has 0 saturated heterocycles. The van der Waals surface area contributed by atoms with Gasteiger partial charge in [0.15, 0.2) is 0 Å². The molecular weight excluding hydrogens is 210 g/mol. The predicted molar refractivity (Wildman–Crippen MR) is 53.6 cm³/mol. The van der Waals surface area contributed by atoms with Gasteiger partial charge in [-0.15, -0.1) is 0 Å². The number of hydrogen-bond acceptors (Lipinski definition) is 3. The Morgan fingerprint density at radius 3 is 2.69 bits per heavy atom. The quantitative estimate of drug-likeness (QED) is 0.430. The van der Waals surface area contributed by atoms with Gasteiger partial charge in [-0.05, 0) is 28.7 Å². The highest BCUT2D eigenvalue weighted by Gasteiger charge is 2.07. The first-order valence-corrected chi connectivity index (χ1v) is 4.53. The number of amides is 1. The first-order chi connectivity index (χ1) is 7.60. The molecule has 0 aliphatic carbocycles. The van der Waals surface area contributed by atoms with Gasteiger partial charge >= 0.3 is 0 Å². The molecule has 0 atom stereocenters. The lowest BCUT2D eigenvalue weighted by Crippen LogP contribution is -2.23. The number of carboxylic acids is 1. The summed E-state index contributed by atoms with van der Waals surface area (Å²) in [4.78, 5) is 24.3. The standard InChI is InChI=1S/C10H9N3O3/c1-2-6-5-7(9(14)12-13-11)3-4-8(6)10(15)16/h3-5H,2H2,1H3,(H,15,16)/p-1. The molecule has 0 aromatic heterocycles. The molecule has 0 N–H and O–H groups in total. The number of rotatable bonds is 3. The number of carbonyl (C=O) groups is 2. The topological polar surface area (TPSA) is 106 Å². The maximum Gasteiger partial charge on any atom is 0.249 e. The normalized spacial score (nSPS) is 9.31. The number of benzene rings is 1. The Balaban J connectivity index is 3.23. The van der Waals surface area contributed by atoms with E-state index in [1.165, 1.54) is 18.2 Å². The van der Waals surface area contributed by atoms with Crippen molar-refractivity contribution in [1.82, 2.24) is 0 Å². The molecule has 0 saturated carbocycles. The number of carbonyl (C=O) groups excluding carboxylic acids is 2. The third kappa shape index (κ3) is 2.37. The van der Waals surface area contributed by atoms with Gasteiger partial charge in [0.05, 0.1) is 5.97 Å². The van der Waals surface area contributed by atoms with Crippen molar-refractivity contribution >= 4 is 11.9 Å². The molecule has 1 rings (SSSR count). The first kappa shape index (κ1) is 11.7. The van der Waals surface area contributed by atoms with Crippen molar-refractivity contribution < 1.29 is 14.7 Å². The van der Waals surface area contributed by atoms with Crippen molar-refractivity contribution in [3.05, 3.63) is 45.3 Å². The van der Waals surface area contributed by atoms with E-state index in [0.717, 1.165) is 0 Å². The van der Waals surface area contributed by atoms with Crippen molar-refractivity contribution in [3.8, 4) is 0 Å². The van der Waals surface area contributed by atoms with Gasteiger partial charge < -0.3 is 9.90 Å². The van der Waals surface area contributed by atoms with E-state index in [4.69, 9.17) is 5.53 Å². The fourth-order valence-electron chi connectivity index (χ4n) is 1.32. The molecule has 0 aliphatic rings. The predicted octanol–water partition coefficient (Wildman–Crippen LogP) is 1.06. The minimum atomic E-state index is -1.29. The molecule has 0 spiro atoms. The van der Waals surface area contributed by atoms with Crippen LogP contribution in [0, 0.1) is 0 Å². The van der Waals surface area contributed by atoms with Crippen LogP contribution in [0.3, 0.4) is 0 Å². The van der Waals surface area contributed by atoms with E-state index in [0.29, 0.717) is 12.0 Å². The zero-order valence-electron chi connectivity index (χ0n) is 8.51. The molecule has 6 nitrogen and oxygen atoms in total. The number of azide groups is 1. The van der Waals surface area contributed by atoms with E-state index in [1.807, 2.05) is 0 Å². The SMILES string of the molecule is CCc1cc(C(=O)N=[N+]=[N-])ccc1C(=O)[O-]. The molecule has 1 aromatic rings. The summed E-state index contributed by atoms with van der Waals surface area (Å²) < 4.78 is 0. The van der Waals surface area contributed by atoms with Crippen molar-refractivity contribution in [1.29, 1.82) is 0 Å². The molecule has 1 aromatic carbocycles. The maximum atomic E-state index is 11.2. The minimum absolute atomic E-state index is 0.0417. The lowest BCUT2D eigenvalue weighted by atomic mass is 10.0. The van der Waals surface area contributed by atoms with Gasteiger partial charge in [0.25, 0.3) is 0 Å². The van der Waals surface area contributed by atoms with Crippen molar-refractivity contribution in [3.63, 3.8) is 0 Å². The van der Waals surface area contributed by atoms with Gasteiger partial charge in [0.2, 0.25) is 5.91 Å². The fourth-order valence-corrected chi connectivity index (χ4v) is 1.32. The van der Waals surface area contributed by atoms with Crippen LogP contribution in [0.5, 0.6) is 0 Å². The summed E-state index contributed by atoms with van der Waals surface area (Å²) in [5.41, 5.74) is 8.78. The second kappa shape index (κ2) is 4.95. The van der Waals surface area contributed by atoms with E-state index < -0.39 is 11.9 Å². The first-order valence-electron chi connectivity index (χ1n) is 4.53. The summed E-state index contributed by atoms with van der Waals surface area (Å²) in [5, 5.41) is 13.6. The summed E-state index contributed by atoms with van der Waals surface area (Å²) in [6, 6.07) is 3.96. The smallest absolute Gasteiger partial charge is 0.249 e. The van der Waals surface area contributed by atoms with Gasteiger partial charge in [-0.25, -0.2) is 0 Å². The second-order valence-electron chi connectivity index (χ2n) is 3.01. The summed E-state index contributed by atoms with van der Waals surface area (Å²) in [6.07, 6.45) is 0.445. The highest BCUT2D eigenvalue weighted by molar-refractivity contribution is 5.96. The Hall–Kier alpha value is -2.33. The number of aryl methyl sites for hydroxylation is 1. The highest BCUT2D eigenvalue weighted by atomic mass is 16.4. The lowest BCUT2D eigenvalue weighted by molar-refractivity contribution is -0.255. The van der Waals surface area contributed by atoms with E-state index in [1.54, 1.807) is 6.92 Å². The summed E-state index contributed by atoms with van der Waals surface area (Å²) in [6.45, 7) is 1.75. The monoisotopic (exact) mass is 218 g/mol. The van der Waals surface area contributed by atoms with E-state index in [-0.39, 0.29) is 11.1 Å². The largest absolute Gasteiger partial charge is 0.545 e. The third-order valence-electron chi connectivity index (χ3n) is 2.09. The fraction of sp³-hybridized carbons (Fsp3) is 0.200. The van der Waals surface area contributed by atoms with Crippen LogP contribution in [0.4, 0.5) is 0 Å². The lowest BCUT2D eigenvalue weighted by Gasteiger charge is -2.09. The van der Waals surface area contributed by atoms with Crippen LogP contribution in [-0.2, 0) is 6.42 Å². The van der Waals surface area contributed by atoms with Crippen molar-refractivity contribution in [2.75, 3.05) is 0 Å². The minimum Gasteiger partial charge on any atom is -0.545 e. The molecular formula is C10H8N3O3-. The van der Waals surface area contributed by atoms with Gasteiger partial charge in [0.1, 0.15) is 0 Å². The Labute approximate surface area is 91.1 Å². The number of nitrogens with zero attached hydrogens (tertiary/aromatic N) is 3. The molecule has 0 heterocycles. The van der Waals surface area contributed by atoms with E-state index in [2.05, 4.69) is 10.0 Å². The van der Waals surface area contributed by atoms with Crippen LogP contribution < -0.4 is 5.11 Å². The number of hydrogen-bond donors (Lipinski definition) is 0. The molecule has 1 amide bonds. The molecule has 16 heavy (non-hydrogen) atoms. The molecule has 0 aliphatic heterocycles. The number of aromatic carboxylic acids is 1. The Bertz CT molecular complexity index is 490. The highest BCUT2D eigenvalue weighted by Crippen LogP contribution is 2.13. The molecule has 0 bridgehead atoms. The Kier molecular flexibility index (Phi) is 3.63. The van der Waals surface area contributed by atoms with Gasteiger partial charge in [-0.1, -0.05) is 19.1 Å². The Morgan fingerprint density at radius 2 is 2.19 bits per heavy atom. The van der Waals surface area contributed by atoms with Crippen molar-refractivity contribution in [2.45, 2.75) is 13.3 Å². The molecule has 0 unspecified atom stereocenters. The molecule has 82 valence electrons. The summed E-state index contributed by atoms with van der Waals surface area (Å²) in [5.74, 6) is -2.03. The third-order valence-corrected chi connectivity index (χ3v) is 2.09. The molecule has 0 fully saturated rings. The van der Waals surface area contributed by atoms with Crippen LogP contribution >= 0.6 is 0 Å². The summed E-state index contributed by atoms with van der Waals surface area (Å²) in [7, 11) is 0. The average molecular weight is 218 g/mol. The van der Waals surface area contributed by atoms with Gasteiger partial charge in [-0.3, -0.25) is 4.79 Å². The van der Waals surface area contributed by atoms with Crippen LogP contribution in [0.2, 0.25) is 0 Å². The maximum absolute atomic E-state index is 11.2. The second-order valence-corrected chi connectivity index (χ2v) is 3.01. The Morgan fingerprint density at radius 1 is 1.50 bits per heavy atom. The molecule has 6 heteroatoms. The zero-order chi connectivity index (χ0) is 12.1. The average Bonchev–Trinajstić information content (AvgIpc) is 2.28. The van der Waals surface area contributed by atoms with Crippen LogP contribution in [0.15, 0.2) is 23.3 Å². The van der Waals surface area contributed by atoms with Crippen LogP contribution in [0.1, 0.15) is 33.2 Å². The zero-order valence-corrected chi connectivity index (χ0v) is 8.51. The van der Waals surface area contributed by atoms with Crippen LogP contribution in [0.25, 0.3) is 10.4 Å². The molecule has 0 radical (unpaired) electrons. The van der Waals surface area contributed by atoms with Gasteiger partial charge in [-0.2, -0.15) is 0 Å². The van der Waals surface area contributed by atoms with Gasteiger partial charge in [0, 0.05) is 16.0 Å². The number of carboxylic acid groups (broad SMARTS) is 1. The van der Waals surface area contributed by atoms with Crippen molar-refractivity contribution in [2.24, 2.45) is 5.11 Å².